The summed E-state index contributed by atoms with van der Waals surface area (Å²) in [5.74, 6) is -2.52. The summed E-state index contributed by atoms with van der Waals surface area (Å²) in [6.07, 6.45) is 2.26. The van der Waals surface area contributed by atoms with Crippen LogP contribution in [0.2, 0.25) is 0 Å². The van der Waals surface area contributed by atoms with E-state index in [9.17, 15) is 8.78 Å². The van der Waals surface area contributed by atoms with Gasteiger partial charge in [-0.1, -0.05) is 42.5 Å². The Morgan fingerprint density at radius 2 is 1.67 bits per heavy atom. The SMILES string of the molecule is CC(F)(F)CCCCc1ccc2ccccc2c1. The summed E-state index contributed by atoms with van der Waals surface area (Å²) in [4.78, 5) is 0. The molecule has 0 saturated heterocycles. The second-order valence-electron chi connectivity index (χ2n) is 4.96. The minimum atomic E-state index is -2.52. The van der Waals surface area contributed by atoms with Crippen molar-refractivity contribution in [1.29, 1.82) is 0 Å². The number of halogens is 2. The van der Waals surface area contributed by atoms with Crippen LogP contribution in [0.4, 0.5) is 8.78 Å². The first-order valence-electron chi connectivity index (χ1n) is 6.40. The fourth-order valence-corrected chi connectivity index (χ4v) is 2.16. The predicted molar refractivity (Wildman–Crippen MR) is 72.1 cm³/mol. The first kappa shape index (κ1) is 13.0. The van der Waals surface area contributed by atoms with Gasteiger partial charge in [0.2, 0.25) is 5.92 Å². The minimum Gasteiger partial charge on any atom is -0.207 e. The summed E-state index contributed by atoms with van der Waals surface area (Å²) < 4.78 is 25.3. The smallest absolute Gasteiger partial charge is 0.207 e. The van der Waals surface area contributed by atoms with E-state index in [1.54, 1.807) is 0 Å². The molecular formula is C16H18F2. The van der Waals surface area contributed by atoms with Gasteiger partial charge < -0.3 is 0 Å². The zero-order valence-electron chi connectivity index (χ0n) is 10.6. The number of hydrogen-bond acceptors (Lipinski definition) is 0. The van der Waals surface area contributed by atoms with E-state index in [1.165, 1.54) is 16.3 Å². The largest absolute Gasteiger partial charge is 0.245 e. The van der Waals surface area contributed by atoms with Crippen molar-refractivity contribution in [2.24, 2.45) is 0 Å². The van der Waals surface area contributed by atoms with E-state index in [1.807, 2.05) is 12.1 Å². The van der Waals surface area contributed by atoms with Crippen molar-refractivity contribution >= 4 is 10.8 Å². The van der Waals surface area contributed by atoms with Crippen molar-refractivity contribution < 1.29 is 8.78 Å². The lowest BCUT2D eigenvalue weighted by atomic mass is 10.0. The van der Waals surface area contributed by atoms with Crippen molar-refractivity contribution in [1.82, 2.24) is 0 Å². The Morgan fingerprint density at radius 1 is 0.944 bits per heavy atom. The van der Waals surface area contributed by atoms with Crippen LogP contribution in [0.1, 0.15) is 31.7 Å². The van der Waals surface area contributed by atoms with Crippen molar-refractivity contribution in [3.63, 3.8) is 0 Å². The Balaban J connectivity index is 1.92. The van der Waals surface area contributed by atoms with E-state index >= 15 is 0 Å². The van der Waals surface area contributed by atoms with Crippen LogP contribution in [0.5, 0.6) is 0 Å². The van der Waals surface area contributed by atoms with Crippen LogP contribution in [0.25, 0.3) is 10.8 Å². The lowest BCUT2D eigenvalue weighted by Crippen LogP contribution is -2.08. The molecule has 0 nitrogen and oxygen atoms in total. The van der Waals surface area contributed by atoms with Crippen molar-refractivity contribution in [2.75, 3.05) is 0 Å². The summed E-state index contributed by atoms with van der Waals surface area (Å²) in [6, 6.07) is 14.5. The Kier molecular flexibility index (Phi) is 3.95. The molecule has 0 aliphatic heterocycles. The molecule has 96 valence electrons. The molecule has 0 atom stereocenters. The van der Waals surface area contributed by atoms with Gasteiger partial charge in [0.25, 0.3) is 0 Å². The minimum absolute atomic E-state index is 0.0133. The molecule has 0 aliphatic carbocycles. The van der Waals surface area contributed by atoms with Crippen LogP contribution in [0.3, 0.4) is 0 Å². The highest BCUT2D eigenvalue weighted by Gasteiger charge is 2.19. The van der Waals surface area contributed by atoms with Gasteiger partial charge in [-0.2, -0.15) is 0 Å². The van der Waals surface area contributed by atoms with Gasteiger partial charge in [-0.05, 0) is 42.5 Å². The Hall–Kier alpha value is -1.44. The Labute approximate surface area is 107 Å². The molecule has 18 heavy (non-hydrogen) atoms. The monoisotopic (exact) mass is 248 g/mol. The van der Waals surface area contributed by atoms with Crippen LogP contribution in [-0.2, 0) is 6.42 Å². The van der Waals surface area contributed by atoms with Crippen LogP contribution in [0, 0.1) is 0 Å². The van der Waals surface area contributed by atoms with Gasteiger partial charge in [0, 0.05) is 6.42 Å². The quantitative estimate of drug-likeness (QED) is 0.637. The van der Waals surface area contributed by atoms with Crippen LogP contribution < -0.4 is 0 Å². The van der Waals surface area contributed by atoms with Crippen molar-refractivity contribution in [2.45, 2.75) is 38.5 Å². The molecular weight excluding hydrogens is 230 g/mol. The fraction of sp³-hybridized carbons (Fsp3) is 0.375. The standard InChI is InChI=1S/C16H18F2/c1-16(17,18)11-5-4-6-13-9-10-14-7-2-3-8-15(14)12-13/h2-3,7-10,12H,4-6,11H2,1H3. The first-order valence-corrected chi connectivity index (χ1v) is 6.40. The Morgan fingerprint density at radius 3 is 2.39 bits per heavy atom. The molecule has 2 heteroatoms. The second-order valence-corrected chi connectivity index (χ2v) is 4.96. The number of aryl methyl sites for hydroxylation is 1. The van der Waals surface area contributed by atoms with Crippen LogP contribution in [0.15, 0.2) is 42.5 Å². The van der Waals surface area contributed by atoms with Gasteiger partial charge in [0.1, 0.15) is 0 Å². The number of rotatable bonds is 5. The molecule has 0 N–H and O–H groups in total. The molecule has 0 aliphatic rings. The summed E-state index contributed by atoms with van der Waals surface area (Å²) in [5.41, 5.74) is 1.23. The normalized spacial score (nSPS) is 11.9. The maximum atomic E-state index is 12.7. The van der Waals surface area contributed by atoms with E-state index in [-0.39, 0.29) is 6.42 Å². The van der Waals surface area contributed by atoms with Crippen molar-refractivity contribution in [3.05, 3.63) is 48.0 Å². The van der Waals surface area contributed by atoms with E-state index in [2.05, 4.69) is 30.3 Å². The van der Waals surface area contributed by atoms with E-state index < -0.39 is 5.92 Å². The Bertz CT molecular complexity index is 512. The molecule has 2 aromatic rings. The highest BCUT2D eigenvalue weighted by atomic mass is 19.3. The summed E-state index contributed by atoms with van der Waals surface area (Å²) >= 11 is 0. The number of unbranched alkanes of at least 4 members (excludes halogenated alkanes) is 1. The third kappa shape index (κ3) is 3.80. The third-order valence-electron chi connectivity index (χ3n) is 3.15. The van der Waals surface area contributed by atoms with Gasteiger partial charge >= 0.3 is 0 Å². The molecule has 0 unspecified atom stereocenters. The molecule has 2 aromatic carbocycles. The summed E-state index contributed by atoms with van der Waals surface area (Å²) in [6.45, 7) is 0.989. The summed E-state index contributed by atoms with van der Waals surface area (Å²) in [5, 5.41) is 2.44. The van der Waals surface area contributed by atoms with E-state index in [4.69, 9.17) is 0 Å². The van der Waals surface area contributed by atoms with E-state index in [0.717, 1.165) is 19.8 Å². The average Bonchev–Trinajstić information content (AvgIpc) is 2.33. The maximum Gasteiger partial charge on any atom is 0.245 e. The van der Waals surface area contributed by atoms with Gasteiger partial charge in [0.05, 0.1) is 0 Å². The van der Waals surface area contributed by atoms with Gasteiger partial charge in [-0.15, -0.1) is 0 Å². The van der Waals surface area contributed by atoms with Crippen molar-refractivity contribution in [3.8, 4) is 0 Å². The molecule has 0 aromatic heterocycles. The molecule has 0 bridgehead atoms. The van der Waals surface area contributed by atoms with Gasteiger partial charge in [-0.25, -0.2) is 8.78 Å². The topological polar surface area (TPSA) is 0 Å². The molecule has 0 radical (unpaired) electrons. The predicted octanol–water partition coefficient (Wildman–Crippen LogP) is 5.21. The second kappa shape index (κ2) is 5.47. The lowest BCUT2D eigenvalue weighted by molar-refractivity contribution is 0.0105. The zero-order valence-corrected chi connectivity index (χ0v) is 10.6. The molecule has 0 amide bonds. The summed E-state index contributed by atoms with van der Waals surface area (Å²) in [7, 11) is 0. The highest BCUT2D eigenvalue weighted by molar-refractivity contribution is 5.82. The molecule has 0 spiro atoms. The zero-order chi connectivity index (χ0) is 13.0. The molecule has 2 rings (SSSR count). The maximum absolute atomic E-state index is 12.7. The van der Waals surface area contributed by atoms with Crippen LogP contribution >= 0.6 is 0 Å². The molecule has 0 heterocycles. The van der Waals surface area contributed by atoms with Gasteiger partial charge in [-0.3, -0.25) is 0 Å². The lowest BCUT2D eigenvalue weighted by Gasteiger charge is -2.09. The first-order chi connectivity index (χ1) is 8.54. The highest BCUT2D eigenvalue weighted by Crippen LogP contribution is 2.21. The molecule has 0 saturated carbocycles. The number of hydrogen-bond donors (Lipinski definition) is 0. The molecule has 0 fully saturated rings. The third-order valence-corrected chi connectivity index (χ3v) is 3.15. The van der Waals surface area contributed by atoms with Crippen LogP contribution in [-0.4, -0.2) is 5.92 Å². The fourth-order valence-electron chi connectivity index (χ4n) is 2.16. The average molecular weight is 248 g/mol. The number of alkyl halides is 2. The number of benzene rings is 2. The van der Waals surface area contributed by atoms with E-state index in [0.29, 0.717) is 6.42 Å². The number of fused-ring (bicyclic) bond motifs is 1. The van der Waals surface area contributed by atoms with Gasteiger partial charge in [0.15, 0.2) is 0 Å².